The van der Waals surface area contributed by atoms with E-state index in [0.717, 1.165) is 22.0 Å². The van der Waals surface area contributed by atoms with E-state index in [1.165, 1.54) is 0 Å². The van der Waals surface area contributed by atoms with Crippen molar-refractivity contribution in [2.24, 2.45) is 0 Å². The Hall–Kier alpha value is -2.01. The molecule has 3 heterocycles. The molecule has 0 bridgehead atoms. The van der Waals surface area contributed by atoms with Crippen LogP contribution < -0.4 is 0 Å². The Balaban J connectivity index is 1.99. The molecule has 17 heavy (non-hydrogen) atoms. The number of rotatable bonds is 2. The van der Waals surface area contributed by atoms with Gasteiger partial charge in [0.05, 0.1) is 0 Å². The summed E-state index contributed by atoms with van der Waals surface area (Å²) >= 11 is 1.55. The van der Waals surface area contributed by atoms with Gasteiger partial charge in [-0.15, -0.1) is 11.3 Å². The average molecular weight is 243 g/mol. The summed E-state index contributed by atoms with van der Waals surface area (Å²) in [5.74, 6) is 0.696. The summed E-state index contributed by atoms with van der Waals surface area (Å²) in [5, 5.41) is 6.86. The second kappa shape index (κ2) is 4.10. The molecule has 0 saturated heterocycles. The zero-order chi connectivity index (χ0) is 11.7. The van der Waals surface area contributed by atoms with Gasteiger partial charge in [0.2, 0.25) is 0 Å². The molecule has 0 spiro atoms. The van der Waals surface area contributed by atoms with Gasteiger partial charge in [0.1, 0.15) is 5.69 Å². The fourth-order valence-corrected chi connectivity index (χ4v) is 2.24. The molecule has 0 aliphatic carbocycles. The average Bonchev–Trinajstić information content (AvgIpc) is 2.98. The third kappa shape index (κ3) is 1.97. The first kappa shape index (κ1) is 10.2. The number of aromatic nitrogens is 3. The lowest BCUT2D eigenvalue weighted by molar-refractivity contribution is 0.434. The van der Waals surface area contributed by atoms with E-state index in [4.69, 9.17) is 4.52 Å². The Morgan fingerprint density at radius 3 is 3.00 bits per heavy atom. The Bertz CT molecular complexity index is 630. The minimum Gasteiger partial charge on any atom is -0.353 e. The van der Waals surface area contributed by atoms with Gasteiger partial charge in [-0.2, -0.15) is 0 Å². The largest absolute Gasteiger partial charge is 0.353 e. The standard InChI is InChI=1S/C12H9N3OS/c1-8-7-17-12(14-8)11-5-10(15-16-11)9-3-2-4-13-6-9/h2-7H,1H3. The van der Waals surface area contributed by atoms with Crippen LogP contribution in [-0.2, 0) is 0 Å². The van der Waals surface area contributed by atoms with Gasteiger partial charge in [-0.3, -0.25) is 4.98 Å². The molecule has 3 aromatic rings. The van der Waals surface area contributed by atoms with Gasteiger partial charge in [-0.1, -0.05) is 5.16 Å². The number of nitrogens with zero attached hydrogens (tertiary/aromatic N) is 3. The highest BCUT2D eigenvalue weighted by Gasteiger charge is 2.11. The second-order valence-corrected chi connectivity index (χ2v) is 4.47. The predicted octanol–water partition coefficient (Wildman–Crippen LogP) is 3.17. The van der Waals surface area contributed by atoms with Crippen molar-refractivity contribution < 1.29 is 4.52 Å². The zero-order valence-electron chi connectivity index (χ0n) is 9.12. The molecule has 0 radical (unpaired) electrons. The molecule has 0 aromatic carbocycles. The van der Waals surface area contributed by atoms with Crippen molar-refractivity contribution in [1.82, 2.24) is 15.1 Å². The molecular weight excluding hydrogens is 234 g/mol. The van der Waals surface area contributed by atoms with E-state index in [-0.39, 0.29) is 0 Å². The summed E-state index contributed by atoms with van der Waals surface area (Å²) < 4.78 is 5.29. The summed E-state index contributed by atoms with van der Waals surface area (Å²) in [6, 6.07) is 5.70. The maximum Gasteiger partial charge on any atom is 0.196 e. The van der Waals surface area contributed by atoms with Crippen molar-refractivity contribution in [3.63, 3.8) is 0 Å². The number of pyridine rings is 1. The topological polar surface area (TPSA) is 51.8 Å². The molecule has 0 amide bonds. The highest BCUT2D eigenvalue weighted by atomic mass is 32.1. The summed E-state index contributed by atoms with van der Waals surface area (Å²) in [7, 11) is 0. The molecule has 5 heteroatoms. The molecule has 0 aliphatic heterocycles. The van der Waals surface area contributed by atoms with Crippen molar-refractivity contribution in [2.75, 3.05) is 0 Å². The third-order valence-electron chi connectivity index (χ3n) is 2.30. The molecule has 0 fully saturated rings. The first-order valence-electron chi connectivity index (χ1n) is 5.12. The van der Waals surface area contributed by atoms with Gasteiger partial charge in [0.15, 0.2) is 10.8 Å². The van der Waals surface area contributed by atoms with Crippen LogP contribution >= 0.6 is 11.3 Å². The fourth-order valence-electron chi connectivity index (χ4n) is 1.49. The summed E-state index contributed by atoms with van der Waals surface area (Å²) in [4.78, 5) is 8.41. The molecule has 0 atom stereocenters. The van der Waals surface area contributed by atoms with E-state index >= 15 is 0 Å². The van der Waals surface area contributed by atoms with E-state index in [2.05, 4.69) is 15.1 Å². The lowest BCUT2D eigenvalue weighted by atomic mass is 10.2. The number of aryl methyl sites for hydroxylation is 1. The van der Waals surface area contributed by atoms with Crippen LogP contribution in [0.25, 0.3) is 22.0 Å². The highest BCUT2D eigenvalue weighted by molar-refractivity contribution is 7.13. The van der Waals surface area contributed by atoms with Crippen LogP contribution in [0, 0.1) is 6.92 Å². The molecule has 0 saturated carbocycles. The van der Waals surface area contributed by atoms with Gasteiger partial charge >= 0.3 is 0 Å². The highest BCUT2D eigenvalue weighted by Crippen LogP contribution is 2.27. The first-order valence-corrected chi connectivity index (χ1v) is 6.00. The summed E-state index contributed by atoms with van der Waals surface area (Å²) in [6.07, 6.45) is 3.49. The van der Waals surface area contributed by atoms with Crippen LogP contribution in [0.15, 0.2) is 40.5 Å². The van der Waals surface area contributed by atoms with Crippen LogP contribution in [0.2, 0.25) is 0 Å². The molecule has 3 rings (SSSR count). The summed E-state index contributed by atoms with van der Waals surface area (Å²) in [5.41, 5.74) is 2.71. The lowest BCUT2D eigenvalue weighted by Gasteiger charge is -1.90. The van der Waals surface area contributed by atoms with Crippen LogP contribution in [0.5, 0.6) is 0 Å². The molecule has 4 nitrogen and oxygen atoms in total. The maximum absolute atomic E-state index is 5.29. The fraction of sp³-hybridized carbons (Fsp3) is 0.0833. The van der Waals surface area contributed by atoms with Crippen molar-refractivity contribution in [2.45, 2.75) is 6.92 Å². The lowest BCUT2D eigenvalue weighted by Crippen LogP contribution is -1.77. The zero-order valence-corrected chi connectivity index (χ0v) is 9.94. The van der Waals surface area contributed by atoms with Crippen LogP contribution in [0.4, 0.5) is 0 Å². The smallest absolute Gasteiger partial charge is 0.196 e. The van der Waals surface area contributed by atoms with E-state index in [1.807, 2.05) is 30.5 Å². The van der Waals surface area contributed by atoms with E-state index in [1.54, 1.807) is 23.7 Å². The second-order valence-electron chi connectivity index (χ2n) is 3.61. The van der Waals surface area contributed by atoms with Gasteiger partial charge in [-0.25, -0.2) is 4.98 Å². The number of thiazole rings is 1. The molecular formula is C12H9N3OS. The minimum absolute atomic E-state index is 0.696. The van der Waals surface area contributed by atoms with Crippen molar-refractivity contribution in [1.29, 1.82) is 0 Å². The van der Waals surface area contributed by atoms with E-state index in [0.29, 0.717) is 5.76 Å². The molecule has 0 aliphatic rings. The van der Waals surface area contributed by atoms with Crippen LogP contribution in [0.1, 0.15) is 5.69 Å². The minimum atomic E-state index is 0.696. The quantitative estimate of drug-likeness (QED) is 0.693. The Morgan fingerprint density at radius 2 is 2.29 bits per heavy atom. The summed E-state index contributed by atoms with van der Waals surface area (Å²) in [6.45, 7) is 1.96. The molecule has 0 N–H and O–H groups in total. The maximum atomic E-state index is 5.29. The van der Waals surface area contributed by atoms with Crippen molar-refractivity contribution in [3.05, 3.63) is 41.7 Å². The normalized spacial score (nSPS) is 10.6. The third-order valence-corrected chi connectivity index (χ3v) is 3.27. The van der Waals surface area contributed by atoms with Gasteiger partial charge < -0.3 is 4.52 Å². The molecule has 0 unspecified atom stereocenters. The van der Waals surface area contributed by atoms with E-state index < -0.39 is 0 Å². The monoisotopic (exact) mass is 243 g/mol. The van der Waals surface area contributed by atoms with Gasteiger partial charge in [0, 0.05) is 35.1 Å². The van der Waals surface area contributed by atoms with Crippen LogP contribution in [-0.4, -0.2) is 15.1 Å². The Morgan fingerprint density at radius 1 is 1.35 bits per heavy atom. The Labute approximate surface area is 102 Å². The number of hydrogen-bond donors (Lipinski definition) is 0. The van der Waals surface area contributed by atoms with Crippen LogP contribution in [0.3, 0.4) is 0 Å². The van der Waals surface area contributed by atoms with Gasteiger partial charge in [-0.05, 0) is 19.1 Å². The van der Waals surface area contributed by atoms with Gasteiger partial charge in [0.25, 0.3) is 0 Å². The van der Waals surface area contributed by atoms with Crippen molar-refractivity contribution >= 4 is 11.3 Å². The predicted molar refractivity (Wildman–Crippen MR) is 65.6 cm³/mol. The van der Waals surface area contributed by atoms with E-state index in [9.17, 15) is 0 Å². The molecule has 3 aromatic heterocycles. The SMILES string of the molecule is Cc1csc(-c2cc(-c3cccnc3)no2)n1. The van der Waals surface area contributed by atoms with Crippen molar-refractivity contribution in [3.8, 4) is 22.0 Å². The first-order chi connectivity index (χ1) is 8.33. The number of hydrogen-bond acceptors (Lipinski definition) is 5. The Kier molecular flexibility index (Phi) is 2.45. The molecule has 84 valence electrons.